The summed E-state index contributed by atoms with van der Waals surface area (Å²) in [6.45, 7) is 3.08. The van der Waals surface area contributed by atoms with Crippen molar-refractivity contribution in [3.05, 3.63) is 45.8 Å². The van der Waals surface area contributed by atoms with Crippen LogP contribution in [-0.2, 0) is 16.0 Å². The first-order valence-electron chi connectivity index (χ1n) is 7.52. The number of ketones is 1. The Morgan fingerprint density at radius 3 is 2.28 bits per heavy atom. The fourth-order valence-corrected chi connectivity index (χ4v) is 3.49. The third kappa shape index (κ3) is 4.24. The van der Waals surface area contributed by atoms with E-state index in [0.717, 1.165) is 16.9 Å². The Bertz CT molecular complexity index is 808. The molecule has 1 amide bonds. The van der Waals surface area contributed by atoms with E-state index in [2.05, 4.69) is 5.32 Å². The van der Waals surface area contributed by atoms with E-state index in [0.29, 0.717) is 21.2 Å². The largest absolute Gasteiger partial charge is 0.497 e. The van der Waals surface area contributed by atoms with Crippen LogP contribution in [0.25, 0.3) is 0 Å². The number of carbonyl (C=O) groups excluding carboxylic acids is 3. The molecule has 0 saturated heterocycles. The maximum absolute atomic E-state index is 12.3. The zero-order valence-corrected chi connectivity index (χ0v) is 15.3. The van der Waals surface area contributed by atoms with Gasteiger partial charge < -0.3 is 14.8 Å². The summed E-state index contributed by atoms with van der Waals surface area (Å²) in [6.07, 6.45) is 0.136. The molecule has 2 rings (SSSR count). The molecule has 25 heavy (non-hydrogen) atoms. The second kappa shape index (κ2) is 7.94. The summed E-state index contributed by atoms with van der Waals surface area (Å²) < 4.78 is 9.85. The fourth-order valence-electron chi connectivity index (χ4n) is 2.38. The smallest absolute Gasteiger partial charge is 0.341 e. The topological polar surface area (TPSA) is 81.7 Å². The van der Waals surface area contributed by atoms with Gasteiger partial charge in [0.2, 0.25) is 5.91 Å². The van der Waals surface area contributed by atoms with E-state index in [9.17, 15) is 14.4 Å². The highest BCUT2D eigenvalue weighted by molar-refractivity contribution is 7.18. The normalized spacial score (nSPS) is 10.2. The Hall–Kier alpha value is -2.67. The first-order valence-corrected chi connectivity index (χ1v) is 8.34. The highest BCUT2D eigenvalue weighted by atomic mass is 32.1. The van der Waals surface area contributed by atoms with Gasteiger partial charge in [-0.3, -0.25) is 9.59 Å². The van der Waals surface area contributed by atoms with Crippen molar-refractivity contribution in [2.24, 2.45) is 0 Å². The number of rotatable bonds is 6. The maximum Gasteiger partial charge on any atom is 0.341 e. The summed E-state index contributed by atoms with van der Waals surface area (Å²) in [4.78, 5) is 36.5. The number of benzene rings is 1. The molecule has 0 aliphatic rings. The van der Waals surface area contributed by atoms with E-state index in [1.807, 2.05) is 0 Å². The van der Waals surface area contributed by atoms with Crippen LogP contribution in [0.15, 0.2) is 24.3 Å². The zero-order valence-electron chi connectivity index (χ0n) is 14.5. The molecule has 1 heterocycles. The van der Waals surface area contributed by atoms with Gasteiger partial charge in [0.25, 0.3) is 0 Å². The van der Waals surface area contributed by atoms with Crippen LogP contribution in [0.3, 0.4) is 0 Å². The highest BCUT2D eigenvalue weighted by Gasteiger charge is 2.24. The van der Waals surface area contributed by atoms with Crippen molar-refractivity contribution >= 4 is 34.0 Å². The Labute approximate surface area is 149 Å². The van der Waals surface area contributed by atoms with Gasteiger partial charge in [0, 0.05) is 0 Å². The van der Waals surface area contributed by atoms with Gasteiger partial charge in [0.15, 0.2) is 5.78 Å². The van der Waals surface area contributed by atoms with Crippen molar-refractivity contribution < 1.29 is 23.9 Å². The predicted molar refractivity (Wildman–Crippen MR) is 95.7 cm³/mol. The van der Waals surface area contributed by atoms with Crippen molar-refractivity contribution in [2.75, 3.05) is 19.5 Å². The third-order valence-electron chi connectivity index (χ3n) is 3.63. The van der Waals surface area contributed by atoms with Crippen molar-refractivity contribution in [3.63, 3.8) is 0 Å². The summed E-state index contributed by atoms with van der Waals surface area (Å²) in [5.74, 6) is -0.326. The van der Waals surface area contributed by atoms with E-state index in [1.54, 1.807) is 38.3 Å². The second-order valence-electron chi connectivity index (χ2n) is 5.38. The lowest BCUT2D eigenvalue weighted by Crippen LogP contribution is -2.16. The summed E-state index contributed by atoms with van der Waals surface area (Å²) in [6, 6.07) is 7.12. The first-order chi connectivity index (χ1) is 11.9. The van der Waals surface area contributed by atoms with E-state index in [1.165, 1.54) is 14.0 Å². The van der Waals surface area contributed by atoms with Gasteiger partial charge in [-0.2, -0.15) is 0 Å². The van der Waals surface area contributed by atoms with E-state index >= 15 is 0 Å². The molecular weight excluding hydrogens is 342 g/mol. The summed E-state index contributed by atoms with van der Waals surface area (Å²) in [7, 11) is 2.83. The minimum absolute atomic E-state index is 0.136. The standard InChI is InChI=1S/C18H19NO5S/c1-10-15(18(22)24-4)17(25-16(10)11(2)20)19-14(21)9-12-5-7-13(23-3)8-6-12/h5-8H,9H2,1-4H3,(H,19,21). The second-order valence-corrected chi connectivity index (χ2v) is 6.40. The minimum atomic E-state index is -0.582. The van der Waals surface area contributed by atoms with Crippen LogP contribution in [0.1, 0.15) is 38.1 Å². The molecule has 132 valence electrons. The monoisotopic (exact) mass is 361 g/mol. The van der Waals surface area contributed by atoms with Gasteiger partial charge in [0.05, 0.1) is 31.1 Å². The van der Waals surface area contributed by atoms with E-state index in [-0.39, 0.29) is 23.7 Å². The van der Waals surface area contributed by atoms with Crippen molar-refractivity contribution in [3.8, 4) is 5.75 Å². The highest BCUT2D eigenvalue weighted by Crippen LogP contribution is 2.34. The number of hydrogen-bond donors (Lipinski definition) is 1. The number of Topliss-reactive ketones (excluding diaryl/α,β-unsaturated/α-hetero) is 1. The molecule has 1 N–H and O–H groups in total. The minimum Gasteiger partial charge on any atom is -0.497 e. The Balaban J connectivity index is 2.22. The van der Waals surface area contributed by atoms with Gasteiger partial charge in [0.1, 0.15) is 10.8 Å². The molecule has 0 bridgehead atoms. The number of anilines is 1. The quantitative estimate of drug-likeness (QED) is 0.631. The van der Waals surface area contributed by atoms with Crippen LogP contribution in [0, 0.1) is 6.92 Å². The molecule has 0 aliphatic heterocycles. The molecule has 1 aromatic heterocycles. The molecule has 0 fully saturated rings. The van der Waals surface area contributed by atoms with E-state index < -0.39 is 5.97 Å². The molecule has 0 radical (unpaired) electrons. The van der Waals surface area contributed by atoms with Crippen LogP contribution < -0.4 is 10.1 Å². The number of methoxy groups -OCH3 is 2. The van der Waals surface area contributed by atoms with Crippen molar-refractivity contribution in [1.29, 1.82) is 0 Å². The number of esters is 1. The van der Waals surface area contributed by atoms with Gasteiger partial charge in [-0.1, -0.05) is 12.1 Å². The first kappa shape index (κ1) is 18.7. The number of thiophene rings is 1. The molecular formula is C18H19NO5S. The number of hydrogen-bond acceptors (Lipinski definition) is 6. The zero-order chi connectivity index (χ0) is 18.6. The van der Waals surface area contributed by atoms with Crippen molar-refractivity contribution in [1.82, 2.24) is 0 Å². The summed E-state index contributed by atoms with van der Waals surface area (Å²) in [5.41, 5.74) is 1.54. The van der Waals surface area contributed by atoms with Crippen LogP contribution in [0.5, 0.6) is 5.75 Å². The molecule has 1 aromatic carbocycles. The average Bonchev–Trinajstić information content (AvgIpc) is 2.91. The number of ether oxygens (including phenoxy) is 2. The van der Waals surface area contributed by atoms with Crippen LogP contribution in [0.4, 0.5) is 5.00 Å². The fraction of sp³-hybridized carbons (Fsp3) is 0.278. The van der Waals surface area contributed by atoms with Gasteiger partial charge in [-0.25, -0.2) is 4.79 Å². The van der Waals surface area contributed by atoms with Crippen LogP contribution >= 0.6 is 11.3 Å². The van der Waals surface area contributed by atoms with Crippen LogP contribution in [0.2, 0.25) is 0 Å². The predicted octanol–water partition coefficient (Wildman–Crippen LogP) is 3.24. The Morgan fingerprint density at radius 1 is 1.12 bits per heavy atom. The lowest BCUT2D eigenvalue weighted by Gasteiger charge is -2.07. The molecule has 0 atom stereocenters. The van der Waals surface area contributed by atoms with Gasteiger partial charge in [-0.15, -0.1) is 11.3 Å². The third-order valence-corrected chi connectivity index (χ3v) is 4.94. The van der Waals surface area contributed by atoms with Crippen molar-refractivity contribution in [2.45, 2.75) is 20.3 Å². The molecule has 6 nitrogen and oxygen atoms in total. The van der Waals surface area contributed by atoms with Gasteiger partial charge >= 0.3 is 5.97 Å². The lowest BCUT2D eigenvalue weighted by atomic mass is 10.1. The molecule has 0 unspecified atom stereocenters. The molecule has 0 saturated carbocycles. The molecule has 7 heteroatoms. The van der Waals surface area contributed by atoms with E-state index in [4.69, 9.17) is 9.47 Å². The number of carbonyl (C=O) groups is 3. The molecule has 0 spiro atoms. The summed E-state index contributed by atoms with van der Waals surface area (Å²) in [5, 5.41) is 3.04. The number of amides is 1. The summed E-state index contributed by atoms with van der Waals surface area (Å²) >= 11 is 1.08. The SMILES string of the molecule is COC(=O)c1c(NC(=O)Cc2ccc(OC)cc2)sc(C(C)=O)c1C. The maximum atomic E-state index is 12.3. The number of nitrogens with one attached hydrogen (secondary N) is 1. The average molecular weight is 361 g/mol. The molecule has 0 aliphatic carbocycles. The Morgan fingerprint density at radius 2 is 1.76 bits per heavy atom. The lowest BCUT2D eigenvalue weighted by molar-refractivity contribution is -0.115. The van der Waals surface area contributed by atoms with Crippen LogP contribution in [-0.4, -0.2) is 31.9 Å². The molecule has 2 aromatic rings. The Kier molecular flexibility index (Phi) is 5.93. The van der Waals surface area contributed by atoms with Gasteiger partial charge in [-0.05, 0) is 37.1 Å².